The van der Waals surface area contributed by atoms with Gasteiger partial charge in [-0.25, -0.2) is 15.0 Å². The average Bonchev–Trinajstić information content (AvgIpc) is 2.27. The average molecular weight is 252 g/mol. The number of aromatic nitrogens is 3. The summed E-state index contributed by atoms with van der Waals surface area (Å²) in [5.41, 5.74) is 2.10. The number of pyridine rings is 1. The van der Waals surface area contributed by atoms with Gasteiger partial charge in [0.25, 0.3) is 0 Å². The monoisotopic (exact) mass is 251 g/mol. The normalized spacial score (nSPS) is 10.4. The topological polar surface area (TPSA) is 38.7 Å². The van der Waals surface area contributed by atoms with Gasteiger partial charge in [-0.15, -0.1) is 0 Å². The smallest absolute Gasteiger partial charge is 0.188 e. The van der Waals surface area contributed by atoms with Crippen LogP contribution < -0.4 is 0 Å². The zero-order valence-corrected chi connectivity index (χ0v) is 10.3. The van der Waals surface area contributed by atoms with Crippen molar-refractivity contribution in [3.05, 3.63) is 47.0 Å². The van der Waals surface area contributed by atoms with E-state index in [4.69, 9.17) is 11.6 Å². The molecule has 0 unspecified atom stereocenters. The van der Waals surface area contributed by atoms with Crippen LogP contribution in [0.15, 0.2) is 35.7 Å². The molecule has 0 atom stereocenters. The first kappa shape index (κ1) is 11.4. The summed E-state index contributed by atoms with van der Waals surface area (Å²) in [5.74, 6) is 0.797. The van der Waals surface area contributed by atoms with Crippen molar-refractivity contribution in [1.29, 1.82) is 0 Å². The number of nitrogens with zero attached hydrogens (tertiary/aromatic N) is 3. The van der Waals surface area contributed by atoms with Crippen LogP contribution in [0, 0.1) is 6.92 Å². The van der Waals surface area contributed by atoms with Crippen molar-refractivity contribution in [2.45, 2.75) is 17.8 Å². The molecule has 0 saturated carbocycles. The van der Waals surface area contributed by atoms with Gasteiger partial charge in [0.1, 0.15) is 5.15 Å². The van der Waals surface area contributed by atoms with E-state index in [1.807, 2.05) is 25.1 Å². The second-order valence-corrected chi connectivity index (χ2v) is 4.59. The van der Waals surface area contributed by atoms with Crippen LogP contribution in [0.3, 0.4) is 0 Å². The summed E-state index contributed by atoms with van der Waals surface area (Å²) in [6.45, 7) is 1.95. The molecule has 2 heterocycles. The molecular weight excluding hydrogens is 242 g/mol. The number of aryl methyl sites for hydroxylation is 1. The first-order chi connectivity index (χ1) is 7.74. The second-order valence-electron chi connectivity index (χ2n) is 3.26. The maximum atomic E-state index is 5.80. The van der Waals surface area contributed by atoms with Gasteiger partial charge in [-0.3, -0.25) is 0 Å². The third-order valence-corrected chi connectivity index (χ3v) is 3.07. The number of hydrogen-bond donors (Lipinski definition) is 0. The van der Waals surface area contributed by atoms with Crippen molar-refractivity contribution in [1.82, 2.24) is 15.0 Å². The Bertz CT molecular complexity index is 445. The molecule has 82 valence electrons. The highest BCUT2D eigenvalue weighted by atomic mass is 35.5. The van der Waals surface area contributed by atoms with Crippen molar-refractivity contribution < 1.29 is 0 Å². The summed E-state index contributed by atoms with van der Waals surface area (Å²) in [7, 11) is 0. The molecule has 0 spiro atoms. The number of halogens is 1. The lowest BCUT2D eigenvalue weighted by molar-refractivity contribution is 0.932. The fraction of sp³-hybridized carbons (Fsp3) is 0.182. The Morgan fingerprint density at radius 2 is 2.06 bits per heavy atom. The van der Waals surface area contributed by atoms with Crippen molar-refractivity contribution >= 4 is 23.4 Å². The highest BCUT2D eigenvalue weighted by molar-refractivity contribution is 7.98. The lowest BCUT2D eigenvalue weighted by Crippen LogP contribution is -1.89. The van der Waals surface area contributed by atoms with E-state index in [1.165, 1.54) is 0 Å². The minimum Gasteiger partial charge on any atom is -0.245 e. The zero-order chi connectivity index (χ0) is 11.4. The summed E-state index contributed by atoms with van der Waals surface area (Å²) < 4.78 is 0. The van der Waals surface area contributed by atoms with Gasteiger partial charge in [-0.05, 0) is 30.7 Å². The first-order valence-electron chi connectivity index (χ1n) is 4.77. The molecule has 2 rings (SSSR count). The third-order valence-electron chi connectivity index (χ3n) is 1.93. The highest BCUT2D eigenvalue weighted by Crippen LogP contribution is 2.19. The standard InChI is InChI=1S/C11H10ClN3S/c1-8-2-4-14-11(15-8)16-7-9-3-5-13-10(12)6-9/h2-6H,7H2,1H3. The van der Waals surface area contributed by atoms with E-state index >= 15 is 0 Å². The quantitative estimate of drug-likeness (QED) is 0.477. The summed E-state index contributed by atoms with van der Waals surface area (Å²) in [6.07, 6.45) is 3.47. The number of rotatable bonds is 3. The predicted octanol–water partition coefficient (Wildman–Crippen LogP) is 3.13. The van der Waals surface area contributed by atoms with Gasteiger partial charge in [-0.1, -0.05) is 23.4 Å². The van der Waals surface area contributed by atoms with E-state index in [0.29, 0.717) is 5.15 Å². The Morgan fingerprint density at radius 3 is 2.81 bits per heavy atom. The Balaban J connectivity index is 2.02. The van der Waals surface area contributed by atoms with E-state index in [0.717, 1.165) is 22.2 Å². The van der Waals surface area contributed by atoms with Gasteiger partial charge in [-0.2, -0.15) is 0 Å². The Kier molecular flexibility index (Phi) is 3.74. The van der Waals surface area contributed by atoms with Crippen LogP contribution in [-0.2, 0) is 5.75 Å². The number of hydrogen-bond acceptors (Lipinski definition) is 4. The van der Waals surface area contributed by atoms with Gasteiger partial charge in [0.2, 0.25) is 0 Å². The van der Waals surface area contributed by atoms with Gasteiger partial charge >= 0.3 is 0 Å². The van der Waals surface area contributed by atoms with Gasteiger partial charge < -0.3 is 0 Å². The summed E-state index contributed by atoms with van der Waals surface area (Å²) in [6, 6.07) is 5.67. The van der Waals surface area contributed by atoms with Crippen LogP contribution in [0.2, 0.25) is 5.15 Å². The molecule has 0 aliphatic rings. The molecule has 0 aliphatic carbocycles. The molecule has 0 N–H and O–H groups in total. The van der Waals surface area contributed by atoms with Crippen LogP contribution in [-0.4, -0.2) is 15.0 Å². The van der Waals surface area contributed by atoms with Crippen LogP contribution in [0.4, 0.5) is 0 Å². The molecule has 0 fully saturated rings. The van der Waals surface area contributed by atoms with Gasteiger partial charge in [0, 0.05) is 23.8 Å². The Morgan fingerprint density at radius 1 is 1.25 bits per heavy atom. The van der Waals surface area contributed by atoms with E-state index in [9.17, 15) is 0 Å². The fourth-order valence-corrected chi connectivity index (χ4v) is 2.19. The lowest BCUT2D eigenvalue weighted by Gasteiger charge is -2.01. The molecule has 0 aromatic carbocycles. The zero-order valence-electron chi connectivity index (χ0n) is 8.72. The second kappa shape index (κ2) is 5.27. The Hall–Kier alpha value is -1.13. The molecule has 0 aliphatic heterocycles. The predicted molar refractivity (Wildman–Crippen MR) is 65.6 cm³/mol. The summed E-state index contributed by atoms with van der Waals surface area (Å²) in [4.78, 5) is 12.4. The minimum absolute atomic E-state index is 0.517. The molecule has 16 heavy (non-hydrogen) atoms. The SMILES string of the molecule is Cc1ccnc(SCc2ccnc(Cl)c2)n1. The van der Waals surface area contributed by atoms with E-state index < -0.39 is 0 Å². The van der Waals surface area contributed by atoms with Crippen molar-refractivity contribution in [2.24, 2.45) is 0 Å². The highest BCUT2D eigenvalue weighted by Gasteiger charge is 2.00. The van der Waals surface area contributed by atoms with Crippen LogP contribution in [0.25, 0.3) is 0 Å². The molecule has 5 heteroatoms. The maximum Gasteiger partial charge on any atom is 0.188 e. The largest absolute Gasteiger partial charge is 0.245 e. The fourth-order valence-electron chi connectivity index (χ4n) is 1.18. The van der Waals surface area contributed by atoms with Crippen molar-refractivity contribution in [3.8, 4) is 0 Å². The molecule has 0 bridgehead atoms. The molecule has 0 saturated heterocycles. The minimum atomic E-state index is 0.517. The number of thioether (sulfide) groups is 1. The maximum absolute atomic E-state index is 5.80. The molecule has 2 aromatic rings. The summed E-state index contributed by atoms with van der Waals surface area (Å²) in [5, 5.41) is 1.30. The molecule has 0 radical (unpaired) electrons. The summed E-state index contributed by atoms with van der Waals surface area (Å²) >= 11 is 7.39. The molecular formula is C11H10ClN3S. The Labute approximate surface area is 103 Å². The van der Waals surface area contributed by atoms with E-state index in [1.54, 1.807) is 24.2 Å². The molecule has 3 nitrogen and oxygen atoms in total. The van der Waals surface area contributed by atoms with Crippen LogP contribution in [0.1, 0.15) is 11.3 Å². The van der Waals surface area contributed by atoms with Gasteiger partial charge in [0.05, 0.1) is 0 Å². The molecule has 2 aromatic heterocycles. The first-order valence-corrected chi connectivity index (χ1v) is 6.13. The van der Waals surface area contributed by atoms with Gasteiger partial charge in [0.15, 0.2) is 5.16 Å². The van der Waals surface area contributed by atoms with Crippen LogP contribution >= 0.6 is 23.4 Å². The van der Waals surface area contributed by atoms with E-state index in [-0.39, 0.29) is 0 Å². The lowest BCUT2D eigenvalue weighted by atomic mass is 10.3. The van der Waals surface area contributed by atoms with Crippen molar-refractivity contribution in [2.75, 3.05) is 0 Å². The van der Waals surface area contributed by atoms with Crippen molar-refractivity contribution in [3.63, 3.8) is 0 Å². The van der Waals surface area contributed by atoms with E-state index in [2.05, 4.69) is 15.0 Å². The third kappa shape index (κ3) is 3.18. The molecule has 0 amide bonds. The van der Waals surface area contributed by atoms with Crippen LogP contribution in [0.5, 0.6) is 0 Å².